The molecular formula is C20H23Cl2N3O2. The molecule has 3 rings (SSSR count). The van der Waals surface area contributed by atoms with Gasteiger partial charge < -0.3 is 15.5 Å². The van der Waals surface area contributed by atoms with E-state index in [1.165, 1.54) is 0 Å². The van der Waals surface area contributed by atoms with E-state index in [4.69, 9.17) is 11.6 Å². The number of fused-ring (bicyclic) bond motifs is 1. The zero-order chi connectivity index (χ0) is 18.5. The van der Waals surface area contributed by atoms with Gasteiger partial charge in [-0.15, -0.1) is 12.4 Å². The Hall–Kier alpha value is -2.08. The summed E-state index contributed by atoms with van der Waals surface area (Å²) in [5.41, 5.74) is 3.65. The van der Waals surface area contributed by atoms with Gasteiger partial charge >= 0.3 is 0 Å². The Bertz CT molecular complexity index is 809. The van der Waals surface area contributed by atoms with Crippen molar-refractivity contribution in [1.29, 1.82) is 0 Å². The Morgan fingerprint density at radius 3 is 2.63 bits per heavy atom. The van der Waals surface area contributed by atoms with Gasteiger partial charge in [0.1, 0.15) is 0 Å². The van der Waals surface area contributed by atoms with Crippen molar-refractivity contribution in [1.82, 2.24) is 5.32 Å². The van der Waals surface area contributed by atoms with Crippen LogP contribution in [0.4, 0.5) is 11.4 Å². The number of carbonyl (C=O) groups excluding carboxylic acids is 2. The summed E-state index contributed by atoms with van der Waals surface area (Å²) in [6, 6.07) is 13.1. The smallest absolute Gasteiger partial charge is 0.231 e. The number of nitrogens with one attached hydrogen (secondary N) is 2. The highest BCUT2D eigenvalue weighted by molar-refractivity contribution is 6.31. The van der Waals surface area contributed by atoms with Gasteiger partial charge in [-0.25, -0.2) is 0 Å². The van der Waals surface area contributed by atoms with Crippen LogP contribution in [0.2, 0.25) is 5.02 Å². The van der Waals surface area contributed by atoms with Crippen LogP contribution in [0.3, 0.4) is 0 Å². The van der Waals surface area contributed by atoms with Gasteiger partial charge in [0.25, 0.3) is 0 Å². The molecule has 2 amide bonds. The SMILES string of the molecule is CNCCCC(=O)Nc1ccc(CN2C(=O)Cc3ccc(Cl)cc32)cc1.Cl. The van der Waals surface area contributed by atoms with Crippen LogP contribution in [0.1, 0.15) is 24.0 Å². The van der Waals surface area contributed by atoms with Crippen LogP contribution in [0.15, 0.2) is 42.5 Å². The molecule has 2 aromatic carbocycles. The Kier molecular flexibility index (Phi) is 7.66. The highest BCUT2D eigenvalue weighted by atomic mass is 35.5. The van der Waals surface area contributed by atoms with E-state index in [0.717, 1.165) is 35.5 Å². The van der Waals surface area contributed by atoms with Gasteiger partial charge in [0.15, 0.2) is 0 Å². The lowest BCUT2D eigenvalue weighted by atomic mass is 10.1. The maximum atomic E-state index is 12.3. The van der Waals surface area contributed by atoms with Gasteiger partial charge in [-0.2, -0.15) is 0 Å². The largest absolute Gasteiger partial charge is 0.326 e. The predicted octanol–water partition coefficient (Wildman–Crippen LogP) is 3.79. The highest BCUT2D eigenvalue weighted by Crippen LogP contribution is 2.32. The molecular weight excluding hydrogens is 385 g/mol. The molecule has 0 atom stereocenters. The van der Waals surface area contributed by atoms with Gasteiger partial charge in [-0.3, -0.25) is 9.59 Å². The monoisotopic (exact) mass is 407 g/mol. The summed E-state index contributed by atoms with van der Waals surface area (Å²) in [7, 11) is 1.87. The lowest BCUT2D eigenvalue weighted by Gasteiger charge is -2.18. The minimum Gasteiger partial charge on any atom is -0.326 e. The maximum absolute atomic E-state index is 12.3. The Morgan fingerprint density at radius 2 is 1.93 bits per heavy atom. The number of carbonyl (C=O) groups is 2. The molecule has 0 saturated carbocycles. The third-order valence-corrected chi connectivity index (χ3v) is 4.62. The third kappa shape index (κ3) is 5.45. The first-order chi connectivity index (χ1) is 12.6. The van der Waals surface area contributed by atoms with Crippen LogP contribution < -0.4 is 15.5 Å². The second-order valence-electron chi connectivity index (χ2n) is 6.38. The summed E-state index contributed by atoms with van der Waals surface area (Å²) < 4.78 is 0. The van der Waals surface area contributed by atoms with E-state index in [1.54, 1.807) is 4.90 Å². The van der Waals surface area contributed by atoms with E-state index in [1.807, 2.05) is 49.5 Å². The molecule has 2 aromatic rings. The molecule has 0 bridgehead atoms. The fourth-order valence-corrected chi connectivity index (χ4v) is 3.20. The molecule has 0 aliphatic carbocycles. The number of benzene rings is 2. The minimum absolute atomic E-state index is 0. The molecule has 144 valence electrons. The zero-order valence-electron chi connectivity index (χ0n) is 15.1. The molecule has 0 radical (unpaired) electrons. The maximum Gasteiger partial charge on any atom is 0.231 e. The average Bonchev–Trinajstić information content (AvgIpc) is 2.92. The minimum atomic E-state index is 0. The third-order valence-electron chi connectivity index (χ3n) is 4.39. The van der Waals surface area contributed by atoms with E-state index in [2.05, 4.69) is 10.6 Å². The standard InChI is InChI=1S/C20H22ClN3O2.ClH/c1-22-10-2-3-19(25)23-17-8-4-14(5-9-17)13-24-18-12-16(21)7-6-15(18)11-20(24)26;/h4-9,12,22H,2-3,10-11,13H2,1H3,(H,23,25);1H. The van der Waals surface area contributed by atoms with Crippen LogP contribution in [0.25, 0.3) is 0 Å². The molecule has 1 aliphatic heterocycles. The molecule has 1 heterocycles. The van der Waals surface area contributed by atoms with Gasteiger partial charge in [-0.1, -0.05) is 29.8 Å². The predicted molar refractivity (Wildman–Crippen MR) is 112 cm³/mol. The number of anilines is 2. The molecule has 0 unspecified atom stereocenters. The van der Waals surface area contributed by atoms with Crippen molar-refractivity contribution in [2.24, 2.45) is 0 Å². The van der Waals surface area contributed by atoms with Gasteiger partial charge in [0, 0.05) is 22.8 Å². The van der Waals surface area contributed by atoms with Crippen LogP contribution in [0.5, 0.6) is 0 Å². The van der Waals surface area contributed by atoms with Gasteiger partial charge in [0.2, 0.25) is 11.8 Å². The first-order valence-corrected chi connectivity index (χ1v) is 9.07. The summed E-state index contributed by atoms with van der Waals surface area (Å²) in [6.07, 6.45) is 1.70. The summed E-state index contributed by atoms with van der Waals surface area (Å²) in [5, 5.41) is 6.54. The van der Waals surface area contributed by atoms with Crippen molar-refractivity contribution < 1.29 is 9.59 Å². The fourth-order valence-electron chi connectivity index (χ4n) is 3.03. The normalized spacial score (nSPS) is 12.5. The number of amides is 2. The summed E-state index contributed by atoms with van der Waals surface area (Å²) in [6.45, 7) is 1.31. The first-order valence-electron chi connectivity index (χ1n) is 8.69. The van der Waals surface area contributed by atoms with Crippen molar-refractivity contribution in [2.45, 2.75) is 25.8 Å². The van der Waals surface area contributed by atoms with E-state index in [0.29, 0.717) is 24.4 Å². The Labute approximate surface area is 170 Å². The molecule has 0 spiro atoms. The quantitative estimate of drug-likeness (QED) is 0.686. The molecule has 2 N–H and O–H groups in total. The summed E-state index contributed by atoms with van der Waals surface area (Å²) >= 11 is 6.07. The van der Waals surface area contributed by atoms with Crippen LogP contribution in [-0.2, 0) is 22.6 Å². The van der Waals surface area contributed by atoms with Crippen LogP contribution >= 0.6 is 24.0 Å². The molecule has 0 aromatic heterocycles. The van der Waals surface area contributed by atoms with E-state index in [9.17, 15) is 9.59 Å². The number of nitrogens with zero attached hydrogens (tertiary/aromatic N) is 1. The summed E-state index contributed by atoms with van der Waals surface area (Å²) in [5.74, 6) is 0.0791. The topological polar surface area (TPSA) is 61.4 Å². The van der Waals surface area contributed by atoms with Crippen LogP contribution in [0, 0.1) is 0 Å². The lowest BCUT2D eigenvalue weighted by molar-refractivity contribution is -0.117. The Morgan fingerprint density at radius 1 is 1.19 bits per heavy atom. The van der Waals surface area contributed by atoms with Crippen molar-refractivity contribution >= 4 is 47.2 Å². The zero-order valence-corrected chi connectivity index (χ0v) is 16.7. The van der Waals surface area contributed by atoms with Crippen LogP contribution in [-0.4, -0.2) is 25.4 Å². The molecule has 7 heteroatoms. The van der Waals surface area contributed by atoms with Gasteiger partial charge in [-0.05, 0) is 55.4 Å². The van der Waals surface area contributed by atoms with E-state index < -0.39 is 0 Å². The molecule has 27 heavy (non-hydrogen) atoms. The number of hydrogen-bond donors (Lipinski definition) is 2. The Balaban J connectivity index is 0.00000261. The molecule has 0 fully saturated rings. The van der Waals surface area contributed by atoms with Gasteiger partial charge in [0.05, 0.1) is 13.0 Å². The molecule has 5 nitrogen and oxygen atoms in total. The van der Waals surface area contributed by atoms with E-state index in [-0.39, 0.29) is 24.2 Å². The number of rotatable bonds is 7. The molecule has 1 aliphatic rings. The second kappa shape index (κ2) is 9.74. The van der Waals surface area contributed by atoms with Crippen molar-refractivity contribution in [3.63, 3.8) is 0 Å². The molecule has 0 saturated heterocycles. The van der Waals surface area contributed by atoms with Crippen molar-refractivity contribution in [2.75, 3.05) is 23.8 Å². The highest BCUT2D eigenvalue weighted by Gasteiger charge is 2.27. The van der Waals surface area contributed by atoms with Crippen molar-refractivity contribution in [3.05, 3.63) is 58.6 Å². The fraction of sp³-hybridized carbons (Fsp3) is 0.300. The second-order valence-corrected chi connectivity index (χ2v) is 6.82. The lowest BCUT2D eigenvalue weighted by Crippen LogP contribution is -2.26. The average molecular weight is 408 g/mol. The van der Waals surface area contributed by atoms with E-state index >= 15 is 0 Å². The van der Waals surface area contributed by atoms with Crippen molar-refractivity contribution in [3.8, 4) is 0 Å². The number of hydrogen-bond acceptors (Lipinski definition) is 3. The summed E-state index contributed by atoms with van der Waals surface area (Å²) in [4.78, 5) is 25.9. The first kappa shape index (κ1) is 21.2. The number of halogens is 2.